The molecule has 0 amide bonds. The molecule has 0 aliphatic heterocycles. The normalized spacial score (nSPS) is 11.3. The summed E-state index contributed by atoms with van der Waals surface area (Å²) in [4.78, 5) is 10.9. The Morgan fingerprint density at radius 1 is 1.38 bits per heavy atom. The van der Waals surface area contributed by atoms with Crippen molar-refractivity contribution in [3.8, 4) is 0 Å². The molecule has 13 heavy (non-hydrogen) atoms. The van der Waals surface area contributed by atoms with E-state index < -0.39 is 11.4 Å². The molecule has 2 nitrogen and oxygen atoms in total. The monoisotopic (exact) mass is 199 g/mol. The molecular formula is C10H11ClO2. The van der Waals surface area contributed by atoms with E-state index in [1.54, 1.807) is 38.1 Å². The fourth-order valence-corrected chi connectivity index (χ4v) is 1.46. The molecule has 0 saturated carbocycles. The van der Waals surface area contributed by atoms with Crippen LogP contribution < -0.4 is 0 Å². The van der Waals surface area contributed by atoms with Crippen molar-refractivity contribution >= 4 is 17.6 Å². The fourth-order valence-electron chi connectivity index (χ4n) is 1.08. The molecule has 0 aliphatic carbocycles. The Bertz CT molecular complexity index is 331. The molecule has 0 aromatic heterocycles. The Morgan fingerprint density at radius 3 is 2.38 bits per heavy atom. The van der Waals surface area contributed by atoms with Crippen LogP contribution in [0, 0.1) is 0 Å². The van der Waals surface area contributed by atoms with Crippen molar-refractivity contribution in [1.29, 1.82) is 0 Å². The van der Waals surface area contributed by atoms with E-state index >= 15 is 0 Å². The van der Waals surface area contributed by atoms with Crippen LogP contribution in [0.2, 0.25) is 5.02 Å². The zero-order valence-electron chi connectivity index (χ0n) is 7.54. The van der Waals surface area contributed by atoms with Crippen LogP contribution in [0.3, 0.4) is 0 Å². The number of halogens is 1. The molecule has 70 valence electrons. The third-order valence-electron chi connectivity index (χ3n) is 2.08. The SMILES string of the molecule is CC(C)(C(O)=[17O])c1ccccc1Cl. The van der Waals surface area contributed by atoms with Gasteiger partial charge < -0.3 is 5.11 Å². The van der Waals surface area contributed by atoms with E-state index in [4.69, 9.17) is 16.7 Å². The van der Waals surface area contributed by atoms with Gasteiger partial charge in [0.05, 0.1) is 5.41 Å². The predicted octanol–water partition coefficient (Wildman–Crippen LogP) is 2.70. The standard InChI is InChI=1S/C10H11ClO2/c1-10(2,9(12)13)7-5-3-4-6-8(7)11/h3-6H,1-2H3,(H,12,13)/i12+1. The molecule has 1 aromatic carbocycles. The first-order chi connectivity index (χ1) is 5.96. The van der Waals surface area contributed by atoms with Gasteiger partial charge >= 0.3 is 5.97 Å². The molecule has 1 rings (SSSR count). The van der Waals surface area contributed by atoms with E-state index in [2.05, 4.69) is 0 Å². The van der Waals surface area contributed by atoms with Gasteiger partial charge in [-0.2, -0.15) is 0 Å². The molecule has 3 heteroatoms. The van der Waals surface area contributed by atoms with Crippen molar-refractivity contribution in [2.45, 2.75) is 19.3 Å². The Hall–Kier alpha value is -1.02. The van der Waals surface area contributed by atoms with Gasteiger partial charge in [0.15, 0.2) is 0 Å². The van der Waals surface area contributed by atoms with Crippen molar-refractivity contribution in [1.82, 2.24) is 0 Å². The summed E-state index contributed by atoms with van der Waals surface area (Å²) in [5, 5.41) is 9.46. The second-order valence-electron chi connectivity index (χ2n) is 3.41. The van der Waals surface area contributed by atoms with Gasteiger partial charge in [0, 0.05) is 5.02 Å². The molecule has 0 unspecified atom stereocenters. The van der Waals surface area contributed by atoms with E-state index in [1.165, 1.54) is 0 Å². The van der Waals surface area contributed by atoms with E-state index in [-0.39, 0.29) is 0 Å². The van der Waals surface area contributed by atoms with Gasteiger partial charge in [-0.3, -0.25) is 4.79 Å². The Kier molecular flexibility index (Phi) is 2.62. The van der Waals surface area contributed by atoms with Gasteiger partial charge in [-0.05, 0) is 25.5 Å². The summed E-state index contributed by atoms with van der Waals surface area (Å²) in [6.45, 7) is 3.27. The van der Waals surface area contributed by atoms with Crippen molar-refractivity contribution in [2.24, 2.45) is 0 Å². The number of rotatable bonds is 2. The van der Waals surface area contributed by atoms with Crippen LogP contribution in [0.5, 0.6) is 0 Å². The molecule has 0 saturated heterocycles. The second kappa shape index (κ2) is 3.38. The summed E-state index contributed by atoms with van der Waals surface area (Å²) in [6.07, 6.45) is 0. The zero-order chi connectivity index (χ0) is 10.1. The Morgan fingerprint density at radius 2 is 1.92 bits per heavy atom. The minimum absolute atomic E-state index is 0.495. The fraction of sp³-hybridized carbons (Fsp3) is 0.300. The first-order valence-corrected chi connectivity index (χ1v) is 4.32. The average Bonchev–Trinajstić information content (AvgIpc) is 2.04. The summed E-state index contributed by atoms with van der Waals surface area (Å²) < 4.78 is 0. The Labute approximate surface area is 82.2 Å². The highest BCUT2D eigenvalue weighted by atomic mass is 35.5. The quantitative estimate of drug-likeness (QED) is 0.795. The van der Waals surface area contributed by atoms with Crippen LogP contribution >= 0.6 is 11.6 Å². The Balaban J connectivity index is 3.22. The summed E-state index contributed by atoms with van der Waals surface area (Å²) in [5.74, 6) is -0.874. The first kappa shape index (κ1) is 10.1. The summed E-state index contributed by atoms with van der Waals surface area (Å²) >= 11 is 5.89. The topological polar surface area (TPSA) is 37.3 Å². The predicted molar refractivity (Wildman–Crippen MR) is 52.1 cm³/mol. The van der Waals surface area contributed by atoms with E-state index in [9.17, 15) is 4.79 Å². The van der Waals surface area contributed by atoms with Gasteiger partial charge in [0.2, 0.25) is 0 Å². The summed E-state index contributed by atoms with van der Waals surface area (Å²) in [7, 11) is 0. The number of carboxylic acids is 1. The molecule has 0 aliphatic rings. The van der Waals surface area contributed by atoms with Crippen LogP contribution in [-0.4, -0.2) is 11.1 Å². The lowest BCUT2D eigenvalue weighted by atomic mass is 9.85. The van der Waals surface area contributed by atoms with Crippen molar-refractivity contribution in [3.63, 3.8) is 0 Å². The maximum atomic E-state index is 10.9. The molecule has 0 fully saturated rings. The highest BCUT2D eigenvalue weighted by molar-refractivity contribution is 6.31. The third kappa shape index (κ3) is 1.83. The lowest BCUT2D eigenvalue weighted by Gasteiger charge is -2.20. The van der Waals surface area contributed by atoms with Crippen LogP contribution in [0.25, 0.3) is 0 Å². The number of hydrogen-bond donors (Lipinski definition) is 1. The van der Waals surface area contributed by atoms with Gasteiger partial charge in [-0.25, -0.2) is 0 Å². The average molecular weight is 200 g/mol. The highest BCUT2D eigenvalue weighted by Crippen LogP contribution is 2.29. The van der Waals surface area contributed by atoms with Crippen LogP contribution in [0.4, 0.5) is 0 Å². The van der Waals surface area contributed by atoms with E-state index in [0.29, 0.717) is 10.6 Å². The molecule has 0 heterocycles. The van der Waals surface area contributed by atoms with E-state index in [1.807, 2.05) is 0 Å². The van der Waals surface area contributed by atoms with E-state index in [0.717, 1.165) is 0 Å². The third-order valence-corrected chi connectivity index (χ3v) is 2.41. The van der Waals surface area contributed by atoms with Crippen LogP contribution in [-0.2, 0) is 10.2 Å². The lowest BCUT2D eigenvalue weighted by Crippen LogP contribution is -2.28. The maximum Gasteiger partial charge on any atom is 0.313 e. The zero-order valence-corrected chi connectivity index (χ0v) is 8.30. The van der Waals surface area contributed by atoms with Crippen molar-refractivity contribution in [2.75, 3.05) is 0 Å². The number of carboxylic acid groups (broad SMARTS) is 1. The lowest BCUT2D eigenvalue weighted by molar-refractivity contribution is -0.142. The molecule has 0 atom stereocenters. The van der Waals surface area contributed by atoms with Gasteiger partial charge in [0.1, 0.15) is 0 Å². The minimum atomic E-state index is -0.932. The minimum Gasteiger partial charge on any atom is -0.481 e. The van der Waals surface area contributed by atoms with Gasteiger partial charge in [0.25, 0.3) is 0 Å². The molecule has 1 aromatic rings. The number of hydrogen-bond acceptors (Lipinski definition) is 1. The smallest absolute Gasteiger partial charge is 0.313 e. The number of benzene rings is 1. The van der Waals surface area contributed by atoms with Gasteiger partial charge in [-0.1, -0.05) is 29.8 Å². The highest BCUT2D eigenvalue weighted by Gasteiger charge is 2.30. The molecule has 1 N–H and O–H groups in total. The maximum absolute atomic E-state index is 10.9. The van der Waals surface area contributed by atoms with Gasteiger partial charge in [-0.15, -0.1) is 0 Å². The molecule has 0 radical (unpaired) electrons. The largest absolute Gasteiger partial charge is 0.481 e. The molecular weight excluding hydrogens is 189 g/mol. The van der Waals surface area contributed by atoms with Crippen LogP contribution in [0.15, 0.2) is 24.3 Å². The number of aliphatic carboxylic acids is 1. The second-order valence-corrected chi connectivity index (χ2v) is 3.82. The number of carbonyl (C=O) groups is 1. The first-order valence-electron chi connectivity index (χ1n) is 3.94. The summed E-state index contributed by atoms with van der Waals surface area (Å²) in [6, 6.07) is 6.99. The molecule has 0 spiro atoms. The van der Waals surface area contributed by atoms with Crippen LogP contribution in [0.1, 0.15) is 19.4 Å². The van der Waals surface area contributed by atoms with Crippen molar-refractivity contribution < 1.29 is 9.90 Å². The summed E-state index contributed by atoms with van der Waals surface area (Å²) in [5.41, 5.74) is -0.289. The van der Waals surface area contributed by atoms with Crippen molar-refractivity contribution in [3.05, 3.63) is 34.9 Å². The molecule has 0 bridgehead atoms.